The van der Waals surface area contributed by atoms with E-state index >= 15 is 0 Å². The molecule has 5 N–H and O–H groups in total. The zero-order chi connectivity index (χ0) is 22.7. The molecular formula is C20H23BrN2O8. The highest BCUT2D eigenvalue weighted by Crippen LogP contribution is 2.34. The fourth-order valence-corrected chi connectivity index (χ4v) is 4.09. The van der Waals surface area contributed by atoms with Gasteiger partial charge in [-0.15, -0.1) is 0 Å². The number of amides is 1. The molecule has 0 saturated carbocycles. The molecule has 3 rings (SSSR count). The van der Waals surface area contributed by atoms with E-state index in [0.29, 0.717) is 18.4 Å². The molecule has 4 unspecified atom stereocenters. The average molecular weight is 499 g/mol. The van der Waals surface area contributed by atoms with Gasteiger partial charge in [0.2, 0.25) is 5.91 Å². The van der Waals surface area contributed by atoms with Crippen LogP contribution in [0, 0.1) is 0 Å². The number of carboxylic acid groups (broad SMARTS) is 2. The van der Waals surface area contributed by atoms with E-state index in [2.05, 4.69) is 21.2 Å². The second kappa shape index (κ2) is 9.77. The predicted octanol–water partition coefficient (Wildman–Crippen LogP) is 1.02. The molecule has 0 bridgehead atoms. The molecule has 1 fully saturated rings. The van der Waals surface area contributed by atoms with Crippen LogP contribution in [0.3, 0.4) is 0 Å². The smallest absolute Gasteiger partial charge is 0.326 e. The summed E-state index contributed by atoms with van der Waals surface area (Å²) in [4.78, 5) is 34.6. The standard InChI is InChI=1S/C20H23BrN2O8/c21-11-1-2-16-14(4-11)10(3-17(26)22-15(20(29)30)7-19(27)28)8-23(16)18-6-12(25)5-13(9-24)31-18/h1-2,4,8,12-13,15,18,24-25H,3,5-7,9H2,(H,22,26)(H,27,28)(H,29,30). The number of rotatable bonds is 8. The lowest BCUT2D eigenvalue weighted by Crippen LogP contribution is -2.42. The van der Waals surface area contributed by atoms with Crippen LogP contribution in [0.1, 0.15) is 31.1 Å². The van der Waals surface area contributed by atoms with E-state index in [1.165, 1.54) is 0 Å². The lowest BCUT2D eigenvalue weighted by Gasteiger charge is -2.33. The number of aliphatic carboxylic acids is 2. The lowest BCUT2D eigenvalue weighted by molar-refractivity contribution is -0.147. The first-order chi connectivity index (χ1) is 14.7. The molecule has 4 atom stereocenters. The van der Waals surface area contributed by atoms with Crippen LogP contribution in [0.5, 0.6) is 0 Å². The molecule has 1 amide bonds. The van der Waals surface area contributed by atoms with Crippen LogP contribution in [-0.2, 0) is 25.5 Å². The maximum Gasteiger partial charge on any atom is 0.326 e. The molecule has 0 spiro atoms. The van der Waals surface area contributed by atoms with Crippen molar-refractivity contribution in [3.63, 3.8) is 0 Å². The second-order valence-corrected chi connectivity index (χ2v) is 8.39. The van der Waals surface area contributed by atoms with Crippen molar-refractivity contribution in [1.82, 2.24) is 9.88 Å². The van der Waals surface area contributed by atoms with Crippen LogP contribution in [0.25, 0.3) is 10.9 Å². The van der Waals surface area contributed by atoms with Gasteiger partial charge in [-0.1, -0.05) is 15.9 Å². The number of benzene rings is 1. The van der Waals surface area contributed by atoms with Gasteiger partial charge in [-0.25, -0.2) is 4.79 Å². The summed E-state index contributed by atoms with van der Waals surface area (Å²) in [6.07, 6.45) is -0.300. The molecule has 10 nitrogen and oxygen atoms in total. The van der Waals surface area contributed by atoms with Gasteiger partial charge in [0.25, 0.3) is 0 Å². The fourth-order valence-electron chi connectivity index (χ4n) is 3.73. The number of hydrogen-bond donors (Lipinski definition) is 5. The first-order valence-corrected chi connectivity index (χ1v) is 10.4. The van der Waals surface area contributed by atoms with E-state index < -0.39 is 48.7 Å². The molecular weight excluding hydrogens is 476 g/mol. The van der Waals surface area contributed by atoms with Crippen molar-refractivity contribution in [3.05, 3.63) is 34.4 Å². The average Bonchev–Trinajstić information content (AvgIpc) is 3.04. The van der Waals surface area contributed by atoms with E-state index in [1.807, 2.05) is 18.2 Å². The quantitative estimate of drug-likeness (QED) is 0.360. The number of nitrogens with one attached hydrogen (secondary N) is 1. The van der Waals surface area contributed by atoms with Crippen molar-refractivity contribution in [2.24, 2.45) is 0 Å². The van der Waals surface area contributed by atoms with Crippen LogP contribution in [0.15, 0.2) is 28.9 Å². The van der Waals surface area contributed by atoms with Crippen molar-refractivity contribution in [2.75, 3.05) is 6.61 Å². The number of carbonyl (C=O) groups is 3. The van der Waals surface area contributed by atoms with E-state index in [-0.39, 0.29) is 13.0 Å². The Hall–Kier alpha value is -2.47. The Kier molecular flexibility index (Phi) is 7.31. The highest BCUT2D eigenvalue weighted by molar-refractivity contribution is 9.10. The van der Waals surface area contributed by atoms with Gasteiger partial charge in [-0.2, -0.15) is 0 Å². The maximum atomic E-state index is 12.5. The third-order valence-corrected chi connectivity index (χ3v) is 5.61. The number of aromatic nitrogens is 1. The number of nitrogens with zero attached hydrogens (tertiary/aromatic N) is 1. The van der Waals surface area contributed by atoms with Crippen molar-refractivity contribution in [2.45, 2.75) is 50.2 Å². The Morgan fingerprint density at radius 3 is 2.65 bits per heavy atom. The highest BCUT2D eigenvalue weighted by Gasteiger charge is 2.30. The molecule has 31 heavy (non-hydrogen) atoms. The van der Waals surface area contributed by atoms with Crippen LogP contribution in [0.2, 0.25) is 0 Å². The number of halogens is 1. The number of carboxylic acids is 2. The normalized spacial score (nSPS) is 22.2. The van der Waals surface area contributed by atoms with Crippen molar-refractivity contribution >= 4 is 44.7 Å². The highest BCUT2D eigenvalue weighted by atomic mass is 79.9. The minimum Gasteiger partial charge on any atom is -0.481 e. The van der Waals surface area contributed by atoms with E-state index in [9.17, 15) is 24.6 Å². The van der Waals surface area contributed by atoms with Crippen molar-refractivity contribution in [1.29, 1.82) is 0 Å². The molecule has 2 heterocycles. The lowest BCUT2D eigenvalue weighted by atomic mass is 10.0. The molecule has 0 aliphatic carbocycles. The summed E-state index contributed by atoms with van der Waals surface area (Å²) in [6, 6.07) is 3.91. The van der Waals surface area contributed by atoms with Crippen LogP contribution < -0.4 is 5.32 Å². The van der Waals surface area contributed by atoms with Crippen LogP contribution >= 0.6 is 15.9 Å². The van der Waals surface area contributed by atoms with Crippen molar-refractivity contribution in [3.8, 4) is 0 Å². The number of aliphatic hydroxyl groups excluding tert-OH is 2. The molecule has 1 aromatic carbocycles. The zero-order valence-corrected chi connectivity index (χ0v) is 18.0. The first-order valence-electron chi connectivity index (χ1n) is 9.65. The number of carbonyl (C=O) groups excluding carboxylic acids is 1. The van der Waals surface area contributed by atoms with Gasteiger partial charge in [0, 0.05) is 28.9 Å². The maximum absolute atomic E-state index is 12.5. The number of hydrogen-bond acceptors (Lipinski definition) is 6. The third-order valence-electron chi connectivity index (χ3n) is 5.11. The summed E-state index contributed by atoms with van der Waals surface area (Å²) in [7, 11) is 0. The van der Waals surface area contributed by atoms with Gasteiger partial charge in [-0.3, -0.25) is 9.59 Å². The summed E-state index contributed by atoms with van der Waals surface area (Å²) < 4.78 is 8.44. The van der Waals surface area contributed by atoms with E-state index in [1.54, 1.807) is 10.8 Å². The van der Waals surface area contributed by atoms with E-state index in [0.717, 1.165) is 15.4 Å². The summed E-state index contributed by atoms with van der Waals surface area (Å²) in [6.45, 7) is -0.228. The Bertz CT molecular complexity index is 991. The van der Waals surface area contributed by atoms with Gasteiger partial charge in [-0.05, 0) is 23.8 Å². The third kappa shape index (κ3) is 5.62. The Labute approximate surface area is 185 Å². The minimum atomic E-state index is -1.53. The predicted molar refractivity (Wildman–Crippen MR) is 111 cm³/mol. The topological polar surface area (TPSA) is 158 Å². The van der Waals surface area contributed by atoms with Crippen molar-refractivity contribution < 1.29 is 39.5 Å². The molecule has 168 valence electrons. The SMILES string of the molecule is O=C(O)CC(NC(=O)Cc1cn(C2CC(O)CC(CO)O2)c2ccc(Br)cc12)C(=O)O. The summed E-state index contributed by atoms with van der Waals surface area (Å²) in [5.74, 6) is -3.40. The van der Waals surface area contributed by atoms with Crippen LogP contribution in [0.4, 0.5) is 0 Å². The summed E-state index contributed by atoms with van der Waals surface area (Å²) in [5, 5.41) is 40.5. The Morgan fingerprint density at radius 2 is 2.00 bits per heavy atom. The van der Waals surface area contributed by atoms with Gasteiger partial charge < -0.3 is 35.0 Å². The second-order valence-electron chi connectivity index (χ2n) is 7.48. The number of fused-ring (bicyclic) bond motifs is 1. The molecule has 11 heteroatoms. The van der Waals surface area contributed by atoms with Gasteiger partial charge >= 0.3 is 11.9 Å². The first kappa shape index (κ1) is 23.2. The molecule has 0 radical (unpaired) electrons. The fraction of sp³-hybridized carbons (Fsp3) is 0.450. The summed E-state index contributed by atoms with van der Waals surface area (Å²) in [5.41, 5.74) is 1.32. The molecule has 1 aliphatic rings. The molecule has 1 aliphatic heterocycles. The largest absolute Gasteiger partial charge is 0.481 e. The van der Waals surface area contributed by atoms with Gasteiger partial charge in [0.15, 0.2) is 0 Å². The monoisotopic (exact) mass is 498 g/mol. The molecule has 1 saturated heterocycles. The minimum absolute atomic E-state index is 0.179. The Balaban J connectivity index is 1.89. The zero-order valence-electron chi connectivity index (χ0n) is 16.4. The summed E-state index contributed by atoms with van der Waals surface area (Å²) >= 11 is 3.40. The number of aliphatic hydroxyl groups is 2. The van der Waals surface area contributed by atoms with Gasteiger partial charge in [0.1, 0.15) is 12.3 Å². The van der Waals surface area contributed by atoms with E-state index in [4.69, 9.17) is 14.9 Å². The molecule has 1 aromatic heterocycles. The van der Waals surface area contributed by atoms with Crippen LogP contribution in [-0.4, -0.2) is 67.7 Å². The Morgan fingerprint density at radius 1 is 1.26 bits per heavy atom. The van der Waals surface area contributed by atoms with Gasteiger partial charge in [0.05, 0.1) is 37.2 Å². The molecule has 2 aromatic rings. The number of ether oxygens (including phenoxy) is 1.